The van der Waals surface area contributed by atoms with Gasteiger partial charge in [0.1, 0.15) is 0 Å². The zero-order valence-corrected chi connectivity index (χ0v) is 17.2. The standard InChI is InChI=1S/C24H27N3O2/c1-4-5-17-29-24(28)19-8-10-20(11-9-19)25-18-23-7-6-16-27(23)22-14-12-21(13-15-22)26(2)3/h6-16,18H,4-5,17H2,1-3H3. The van der Waals surface area contributed by atoms with E-state index in [1.54, 1.807) is 12.1 Å². The number of hydrogen-bond donors (Lipinski definition) is 0. The van der Waals surface area contributed by atoms with Gasteiger partial charge in [-0.05, 0) is 67.1 Å². The Kier molecular flexibility index (Phi) is 6.85. The molecule has 0 N–H and O–H groups in total. The average Bonchev–Trinajstić information content (AvgIpc) is 3.21. The second-order valence-electron chi connectivity index (χ2n) is 7.01. The molecule has 0 aliphatic heterocycles. The van der Waals surface area contributed by atoms with Gasteiger partial charge in [0, 0.05) is 31.7 Å². The van der Waals surface area contributed by atoms with Crippen LogP contribution in [0.4, 0.5) is 11.4 Å². The van der Waals surface area contributed by atoms with Gasteiger partial charge in [-0.3, -0.25) is 4.99 Å². The molecule has 0 saturated heterocycles. The van der Waals surface area contributed by atoms with Crippen molar-refractivity contribution >= 4 is 23.6 Å². The lowest BCUT2D eigenvalue weighted by Gasteiger charge is -2.13. The predicted molar refractivity (Wildman–Crippen MR) is 119 cm³/mol. The Labute approximate surface area is 172 Å². The molecule has 1 heterocycles. The molecule has 0 atom stereocenters. The number of benzene rings is 2. The molecule has 0 saturated carbocycles. The number of carbonyl (C=O) groups is 1. The number of aromatic nitrogens is 1. The van der Waals surface area contributed by atoms with Crippen molar-refractivity contribution in [2.24, 2.45) is 4.99 Å². The smallest absolute Gasteiger partial charge is 0.338 e. The van der Waals surface area contributed by atoms with Crippen LogP contribution in [0.1, 0.15) is 35.8 Å². The van der Waals surface area contributed by atoms with Crippen molar-refractivity contribution in [1.29, 1.82) is 0 Å². The van der Waals surface area contributed by atoms with E-state index in [4.69, 9.17) is 4.74 Å². The van der Waals surface area contributed by atoms with Crippen LogP contribution in [-0.2, 0) is 4.74 Å². The van der Waals surface area contributed by atoms with E-state index in [0.29, 0.717) is 12.2 Å². The topological polar surface area (TPSA) is 46.8 Å². The summed E-state index contributed by atoms with van der Waals surface area (Å²) in [6.45, 7) is 2.53. The van der Waals surface area contributed by atoms with E-state index in [-0.39, 0.29) is 5.97 Å². The Morgan fingerprint density at radius 1 is 1.07 bits per heavy atom. The Balaban J connectivity index is 1.69. The van der Waals surface area contributed by atoms with E-state index in [1.807, 2.05) is 50.8 Å². The summed E-state index contributed by atoms with van der Waals surface area (Å²) in [4.78, 5) is 18.6. The lowest BCUT2D eigenvalue weighted by molar-refractivity contribution is 0.0500. The summed E-state index contributed by atoms with van der Waals surface area (Å²) in [6.07, 6.45) is 5.73. The highest BCUT2D eigenvalue weighted by molar-refractivity contribution is 5.90. The fourth-order valence-corrected chi connectivity index (χ4v) is 2.86. The lowest BCUT2D eigenvalue weighted by atomic mass is 10.2. The van der Waals surface area contributed by atoms with Gasteiger partial charge in [0.05, 0.1) is 29.8 Å². The quantitative estimate of drug-likeness (QED) is 0.300. The van der Waals surface area contributed by atoms with Gasteiger partial charge >= 0.3 is 5.97 Å². The van der Waals surface area contributed by atoms with E-state index in [9.17, 15) is 4.79 Å². The van der Waals surface area contributed by atoms with Crippen LogP contribution in [0.2, 0.25) is 0 Å². The number of carbonyl (C=O) groups excluding carboxylic acids is 1. The molecular weight excluding hydrogens is 362 g/mol. The fourth-order valence-electron chi connectivity index (χ4n) is 2.86. The maximum atomic E-state index is 12.0. The maximum absolute atomic E-state index is 12.0. The molecule has 3 rings (SSSR count). The Bertz CT molecular complexity index is 955. The molecule has 5 heteroatoms. The van der Waals surface area contributed by atoms with E-state index in [1.165, 1.54) is 0 Å². The number of rotatable bonds is 8. The third kappa shape index (κ3) is 5.35. The van der Waals surface area contributed by atoms with Crippen LogP contribution in [0.25, 0.3) is 5.69 Å². The van der Waals surface area contributed by atoms with Gasteiger partial charge in [-0.2, -0.15) is 0 Å². The van der Waals surface area contributed by atoms with Crippen molar-refractivity contribution < 1.29 is 9.53 Å². The molecule has 0 aliphatic carbocycles. The van der Waals surface area contributed by atoms with Crippen LogP contribution in [-0.4, -0.2) is 37.5 Å². The van der Waals surface area contributed by atoms with Crippen molar-refractivity contribution in [3.05, 3.63) is 78.1 Å². The van der Waals surface area contributed by atoms with Crippen molar-refractivity contribution in [2.45, 2.75) is 19.8 Å². The van der Waals surface area contributed by atoms with Gasteiger partial charge in [-0.15, -0.1) is 0 Å². The molecule has 0 aliphatic rings. The van der Waals surface area contributed by atoms with Crippen molar-refractivity contribution in [3.63, 3.8) is 0 Å². The monoisotopic (exact) mass is 389 g/mol. The van der Waals surface area contributed by atoms with Crippen LogP contribution in [0.5, 0.6) is 0 Å². The van der Waals surface area contributed by atoms with Gasteiger partial charge < -0.3 is 14.2 Å². The van der Waals surface area contributed by atoms with Gasteiger partial charge in [0.25, 0.3) is 0 Å². The number of hydrogen-bond acceptors (Lipinski definition) is 4. The predicted octanol–water partition coefficient (Wildman–Crippen LogP) is 5.25. The van der Waals surface area contributed by atoms with Crippen LogP contribution in [0.15, 0.2) is 71.9 Å². The molecule has 2 aromatic carbocycles. The first-order chi connectivity index (χ1) is 14.1. The lowest BCUT2D eigenvalue weighted by Crippen LogP contribution is -2.08. The Hall–Kier alpha value is -3.34. The van der Waals surface area contributed by atoms with E-state index >= 15 is 0 Å². The van der Waals surface area contributed by atoms with E-state index in [0.717, 1.165) is 35.6 Å². The molecule has 3 aromatic rings. The SMILES string of the molecule is CCCCOC(=O)c1ccc(N=Cc2cccn2-c2ccc(N(C)C)cc2)cc1. The molecule has 0 radical (unpaired) electrons. The van der Waals surface area contributed by atoms with Crippen LogP contribution < -0.4 is 4.90 Å². The summed E-state index contributed by atoms with van der Waals surface area (Å²) in [7, 11) is 4.05. The summed E-state index contributed by atoms with van der Waals surface area (Å²) < 4.78 is 7.32. The Morgan fingerprint density at radius 3 is 2.45 bits per heavy atom. The summed E-state index contributed by atoms with van der Waals surface area (Å²) in [5.74, 6) is -0.288. The Morgan fingerprint density at radius 2 is 1.79 bits per heavy atom. The second kappa shape index (κ2) is 9.73. The van der Waals surface area contributed by atoms with Crippen molar-refractivity contribution in [3.8, 4) is 5.69 Å². The third-order valence-corrected chi connectivity index (χ3v) is 4.60. The summed E-state index contributed by atoms with van der Waals surface area (Å²) in [5, 5.41) is 0. The van der Waals surface area contributed by atoms with Gasteiger partial charge in [0.15, 0.2) is 0 Å². The minimum absolute atomic E-state index is 0.288. The number of nitrogens with zero attached hydrogens (tertiary/aromatic N) is 3. The van der Waals surface area contributed by atoms with Crippen molar-refractivity contribution in [2.75, 3.05) is 25.6 Å². The number of ether oxygens (including phenoxy) is 1. The number of unbranched alkanes of at least 4 members (excludes halogenated alkanes) is 1. The molecule has 0 fully saturated rings. The summed E-state index contributed by atoms with van der Waals surface area (Å²) in [5.41, 5.74) is 4.54. The first-order valence-electron chi connectivity index (χ1n) is 9.85. The highest BCUT2D eigenvalue weighted by Crippen LogP contribution is 2.18. The van der Waals surface area contributed by atoms with E-state index in [2.05, 4.69) is 45.6 Å². The molecule has 150 valence electrons. The van der Waals surface area contributed by atoms with Crippen LogP contribution >= 0.6 is 0 Å². The molecule has 0 unspecified atom stereocenters. The molecule has 5 nitrogen and oxygen atoms in total. The molecule has 0 bridgehead atoms. The highest BCUT2D eigenvalue weighted by atomic mass is 16.5. The summed E-state index contributed by atoms with van der Waals surface area (Å²) >= 11 is 0. The second-order valence-corrected chi connectivity index (χ2v) is 7.01. The average molecular weight is 389 g/mol. The number of esters is 1. The van der Waals surface area contributed by atoms with Crippen LogP contribution in [0, 0.1) is 0 Å². The zero-order valence-electron chi connectivity index (χ0n) is 17.2. The van der Waals surface area contributed by atoms with Crippen LogP contribution in [0.3, 0.4) is 0 Å². The number of anilines is 1. The van der Waals surface area contributed by atoms with Gasteiger partial charge in [0.2, 0.25) is 0 Å². The highest BCUT2D eigenvalue weighted by Gasteiger charge is 2.06. The summed E-state index contributed by atoms with van der Waals surface area (Å²) in [6, 6.07) is 19.5. The molecule has 29 heavy (non-hydrogen) atoms. The zero-order chi connectivity index (χ0) is 20.6. The van der Waals surface area contributed by atoms with Gasteiger partial charge in [-0.1, -0.05) is 13.3 Å². The molecular formula is C24H27N3O2. The largest absolute Gasteiger partial charge is 0.462 e. The minimum Gasteiger partial charge on any atom is -0.462 e. The van der Waals surface area contributed by atoms with E-state index < -0.39 is 0 Å². The normalized spacial score (nSPS) is 11.0. The molecule has 0 amide bonds. The third-order valence-electron chi connectivity index (χ3n) is 4.60. The van der Waals surface area contributed by atoms with Crippen molar-refractivity contribution in [1.82, 2.24) is 4.57 Å². The minimum atomic E-state index is -0.288. The number of aliphatic imine (C=N–C) groups is 1. The molecule has 1 aromatic heterocycles. The molecule has 0 spiro atoms. The van der Waals surface area contributed by atoms with Gasteiger partial charge in [-0.25, -0.2) is 4.79 Å². The first kappa shape index (κ1) is 20.4. The fraction of sp³-hybridized carbons (Fsp3) is 0.250. The first-order valence-corrected chi connectivity index (χ1v) is 9.85. The maximum Gasteiger partial charge on any atom is 0.338 e.